The van der Waals surface area contributed by atoms with Crippen LogP contribution in [-0.2, 0) is 9.53 Å². The van der Waals surface area contributed by atoms with E-state index >= 15 is 4.79 Å². The molecule has 0 aromatic carbocycles. The summed E-state index contributed by atoms with van der Waals surface area (Å²) >= 11 is 0. The van der Waals surface area contributed by atoms with E-state index in [1.54, 1.807) is 13.8 Å². The van der Waals surface area contributed by atoms with Gasteiger partial charge >= 0.3 is 0 Å². The monoisotopic (exact) mass is 794 g/mol. The number of aliphatic hydroxyl groups is 6. The molecule has 1 unspecified atom stereocenters. The summed E-state index contributed by atoms with van der Waals surface area (Å²) in [7, 11) is 0. The van der Waals surface area contributed by atoms with E-state index in [4.69, 9.17) is 10.5 Å². The second kappa shape index (κ2) is 15.1. The quantitative estimate of drug-likeness (QED) is 0.146. The lowest BCUT2D eigenvalue weighted by atomic mass is 9.41. The van der Waals surface area contributed by atoms with Gasteiger partial charge in [0.1, 0.15) is 6.10 Å². The van der Waals surface area contributed by atoms with Gasteiger partial charge in [-0.25, -0.2) is 0 Å². The first-order valence-corrected chi connectivity index (χ1v) is 22.4. The largest absolute Gasteiger partial charge is 0.392 e. The van der Waals surface area contributed by atoms with E-state index in [0.717, 1.165) is 24.8 Å². The van der Waals surface area contributed by atoms with Gasteiger partial charge in [0.15, 0.2) is 5.78 Å². The summed E-state index contributed by atoms with van der Waals surface area (Å²) in [6, 6.07) is 0. The number of carbonyl (C=O) groups is 1. The number of hydrogen-bond donors (Lipinski definition) is 9. The number of hydrogen-bond acceptors (Lipinski definition) is 11. The molecule has 2 aliphatic heterocycles. The Balaban J connectivity index is 1.20. The minimum atomic E-state index is -1.63. The molecular formula is C46H71N3O8. The third-order valence-electron chi connectivity index (χ3n) is 17.2. The van der Waals surface area contributed by atoms with Crippen molar-refractivity contribution in [2.75, 3.05) is 6.54 Å². The van der Waals surface area contributed by atoms with E-state index in [1.807, 2.05) is 25.3 Å². The molecule has 1 spiro atoms. The highest BCUT2D eigenvalue weighted by Crippen LogP contribution is 2.73. The Morgan fingerprint density at radius 3 is 2.56 bits per heavy atom. The predicted octanol–water partition coefficient (Wildman–Crippen LogP) is 3.72. The van der Waals surface area contributed by atoms with Crippen molar-refractivity contribution in [3.05, 3.63) is 47.3 Å². The molecule has 0 radical (unpaired) electrons. The molecule has 8 aliphatic rings. The van der Waals surface area contributed by atoms with Gasteiger partial charge < -0.3 is 51.7 Å². The van der Waals surface area contributed by atoms with Gasteiger partial charge in [-0.15, -0.1) is 0 Å². The van der Waals surface area contributed by atoms with Crippen LogP contribution in [-0.4, -0.2) is 97.0 Å². The van der Waals surface area contributed by atoms with Crippen LogP contribution in [0, 0.1) is 58.2 Å². The van der Waals surface area contributed by atoms with Crippen molar-refractivity contribution in [1.82, 2.24) is 10.6 Å². The Kier molecular flexibility index (Phi) is 11.0. The van der Waals surface area contributed by atoms with E-state index in [-0.39, 0.29) is 67.5 Å². The summed E-state index contributed by atoms with van der Waals surface area (Å²) in [6.45, 7) is 9.93. The Labute approximate surface area is 339 Å². The van der Waals surface area contributed by atoms with Gasteiger partial charge in [0, 0.05) is 30.0 Å². The van der Waals surface area contributed by atoms with Crippen LogP contribution >= 0.6 is 0 Å². The molecule has 0 bridgehead atoms. The molecule has 0 aromatic heterocycles. The van der Waals surface area contributed by atoms with Crippen LogP contribution in [0.5, 0.6) is 0 Å². The predicted molar refractivity (Wildman–Crippen MR) is 217 cm³/mol. The van der Waals surface area contributed by atoms with Gasteiger partial charge in [-0.3, -0.25) is 4.79 Å². The number of allylic oxidation sites excluding steroid dienone is 5. The number of dihydropyridines is 1. The molecule has 1 saturated heterocycles. The second-order valence-electron chi connectivity index (χ2n) is 20.5. The smallest absolute Gasteiger partial charge is 0.182 e. The first-order chi connectivity index (χ1) is 27.0. The Morgan fingerprint density at radius 1 is 1.09 bits per heavy atom. The molecule has 0 aromatic rings. The van der Waals surface area contributed by atoms with Gasteiger partial charge in [-0.2, -0.15) is 0 Å². The lowest BCUT2D eigenvalue weighted by Gasteiger charge is -2.64. The summed E-state index contributed by atoms with van der Waals surface area (Å²) in [5, 5.41) is 78.5. The van der Waals surface area contributed by atoms with Crippen molar-refractivity contribution in [1.29, 1.82) is 0 Å². The minimum absolute atomic E-state index is 0.0680. The fourth-order valence-corrected chi connectivity index (χ4v) is 14.3. The van der Waals surface area contributed by atoms with Crippen LogP contribution in [0.2, 0.25) is 0 Å². The van der Waals surface area contributed by atoms with Crippen molar-refractivity contribution >= 4 is 5.78 Å². The average molecular weight is 794 g/mol. The number of nitrogens with two attached hydrogens (primary N) is 1. The highest BCUT2D eigenvalue weighted by molar-refractivity contribution is 6.00. The molecule has 10 N–H and O–H groups in total. The highest BCUT2D eigenvalue weighted by atomic mass is 16.5. The van der Waals surface area contributed by atoms with Crippen LogP contribution in [0.3, 0.4) is 0 Å². The highest BCUT2D eigenvalue weighted by Gasteiger charge is 2.73. The zero-order valence-corrected chi connectivity index (χ0v) is 34.8. The molecule has 8 rings (SSSR count). The van der Waals surface area contributed by atoms with Crippen LogP contribution in [0.4, 0.5) is 0 Å². The zero-order chi connectivity index (χ0) is 40.8. The van der Waals surface area contributed by atoms with Crippen LogP contribution in [0.1, 0.15) is 112 Å². The summed E-state index contributed by atoms with van der Waals surface area (Å²) in [6.07, 6.45) is 14.3. The van der Waals surface area contributed by atoms with Gasteiger partial charge in [-0.1, -0.05) is 58.3 Å². The number of Topliss-reactive ketones (excluding diaryl/α,β-unsaturated/α-hetero) is 1. The van der Waals surface area contributed by atoms with E-state index < -0.39 is 64.4 Å². The van der Waals surface area contributed by atoms with Crippen molar-refractivity contribution < 1.29 is 40.2 Å². The number of aliphatic hydroxyl groups excluding tert-OH is 4. The third-order valence-corrected chi connectivity index (χ3v) is 17.2. The maximum absolute atomic E-state index is 15.2. The Bertz CT molecular complexity index is 1680. The summed E-state index contributed by atoms with van der Waals surface area (Å²) in [5.41, 5.74) is 3.09. The number of nitrogens with one attached hydrogen (secondary N) is 2. The van der Waals surface area contributed by atoms with Gasteiger partial charge in [0.25, 0.3) is 0 Å². The van der Waals surface area contributed by atoms with Crippen molar-refractivity contribution in [3.8, 4) is 0 Å². The Morgan fingerprint density at radius 2 is 1.86 bits per heavy atom. The van der Waals surface area contributed by atoms with Gasteiger partial charge in [0.05, 0.1) is 53.6 Å². The standard InChI is InChI=1S/C46H71N3O8/c1-6-7-8-26-9-13-34-30(17-26)25(3)41(57-34)42(54)44(5,55)35-15-16-46(56)38-37-28(19-43(35,46)4)11-10-27(29-12-14-36(47)48-23-29)20-45(37)21-33(52)32(51)18-31(45)40(53)39(38)49-22-24(2)50/h10-12,14,23-28,30-37,41-42,48-52,54-56H,6-9,13,15-22,47H2,1-5H3/t24-,25-,26+,27-,28+,30-,31-,32+,33-,34+,35-,36?,37-,41+,42+,43+,44+,45-,46+/m0/s1. The second-order valence-corrected chi connectivity index (χ2v) is 20.5. The number of ketones is 1. The number of rotatable bonds is 10. The average Bonchev–Trinajstić information content (AvgIpc) is 3.59. The minimum Gasteiger partial charge on any atom is -0.392 e. The Hall–Kier alpha value is -2.09. The molecule has 4 saturated carbocycles. The summed E-state index contributed by atoms with van der Waals surface area (Å²) in [5.74, 6) is -1.01. The zero-order valence-electron chi connectivity index (χ0n) is 34.8. The van der Waals surface area contributed by atoms with E-state index in [1.165, 1.54) is 19.3 Å². The van der Waals surface area contributed by atoms with E-state index in [0.29, 0.717) is 42.4 Å². The molecule has 2 heterocycles. The van der Waals surface area contributed by atoms with E-state index in [2.05, 4.69) is 36.6 Å². The van der Waals surface area contributed by atoms with Crippen LogP contribution < -0.4 is 16.4 Å². The molecule has 0 amide bonds. The van der Waals surface area contributed by atoms with Crippen molar-refractivity contribution in [3.63, 3.8) is 0 Å². The normalized spacial score (nSPS) is 48.4. The first-order valence-electron chi connectivity index (χ1n) is 22.4. The van der Waals surface area contributed by atoms with Crippen LogP contribution in [0.15, 0.2) is 47.3 Å². The third kappa shape index (κ3) is 6.55. The lowest BCUT2D eigenvalue weighted by Crippen LogP contribution is -2.67. The topological polar surface area (TPSA) is 198 Å². The molecular weight excluding hydrogens is 723 g/mol. The van der Waals surface area contributed by atoms with Crippen molar-refractivity contribution in [2.24, 2.45) is 63.9 Å². The number of carbonyl (C=O) groups excluding carboxylic acids is 1. The fraction of sp³-hybridized carbons (Fsp3) is 0.804. The van der Waals surface area contributed by atoms with Gasteiger partial charge in [-0.05, 0) is 130 Å². The molecule has 318 valence electrons. The van der Waals surface area contributed by atoms with Crippen LogP contribution in [0.25, 0.3) is 0 Å². The maximum atomic E-state index is 15.2. The molecule has 11 nitrogen and oxygen atoms in total. The van der Waals surface area contributed by atoms with Gasteiger partial charge in [0.2, 0.25) is 0 Å². The van der Waals surface area contributed by atoms with E-state index in [9.17, 15) is 30.6 Å². The first kappa shape index (κ1) is 41.6. The maximum Gasteiger partial charge on any atom is 0.182 e. The summed E-state index contributed by atoms with van der Waals surface area (Å²) < 4.78 is 6.70. The molecule has 6 aliphatic carbocycles. The number of fused-ring (bicyclic) bond motifs is 3. The fourth-order valence-electron chi connectivity index (χ4n) is 14.3. The molecule has 19 atom stereocenters. The van der Waals surface area contributed by atoms with Crippen molar-refractivity contribution in [2.45, 2.75) is 166 Å². The molecule has 5 fully saturated rings. The lowest BCUT2D eigenvalue weighted by molar-refractivity contribution is -0.204. The SMILES string of the molecule is CCCC[C@@H]1CC[C@H]2O[C@@H]([C@@H](O)[C@](C)(O)[C@H]3CC[C@@]4(O)C5=C(NC[C@H](C)O)C(=O)[C@@H]6C[C@@H](O)[C@@H](O)C[C@@]67C[C@@H](C6=CNC(N)C=C6)C=C[C@H](C[C@]34C)[C@@H]57)[C@@H](C)[C@@H]2C1. The molecule has 57 heavy (non-hydrogen) atoms. The summed E-state index contributed by atoms with van der Waals surface area (Å²) in [4.78, 5) is 15.2. The number of ether oxygens (including phenoxy) is 1. The molecule has 11 heteroatoms. The number of unbranched alkanes of at least 4 members (excludes halogenated alkanes) is 1.